The Labute approximate surface area is 148 Å². The van der Waals surface area contributed by atoms with E-state index in [1.54, 1.807) is 0 Å². The smallest absolute Gasteiger partial charge is 0.236 e. The molecule has 0 radical (unpaired) electrons. The molecule has 2 aromatic rings. The molecule has 2 heteroatoms. The van der Waals surface area contributed by atoms with E-state index in [0.29, 0.717) is 0 Å². The van der Waals surface area contributed by atoms with E-state index < -0.39 is 0 Å². The third-order valence-electron chi connectivity index (χ3n) is 4.85. The Bertz CT molecular complexity index is 554. The SMILES string of the molecule is CCCCCCCCCCCn1cc[n+](-c2ccc(CC)cc2)c1. The summed E-state index contributed by atoms with van der Waals surface area (Å²) < 4.78 is 4.53. The first-order valence-electron chi connectivity index (χ1n) is 10.00. The minimum atomic E-state index is 1.10. The van der Waals surface area contributed by atoms with Crippen molar-refractivity contribution in [2.24, 2.45) is 0 Å². The first kappa shape index (κ1) is 18.8. The van der Waals surface area contributed by atoms with E-state index in [1.165, 1.54) is 69.0 Å². The molecule has 0 amide bonds. The summed E-state index contributed by atoms with van der Waals surface area (Å²) in [4.78, 5) is 0. The van der Waals surface area contributed by atoms with Crippen molar-refractivity contribution in [1.29, 1.82) is 0 Å². The largest absolute Gasteiger partial charge is 0.248 e. The van der Waals surface area contributed by atoms with Gasteiger partial charge in [0.15, 0.2) is 0 Å². The standard InChI is InChI=1S/C22H35N2/c1-3-5-6-7-8-9-10-11-12-17-23-18-19-24(20-23)22-15-13-21(4-2)14-16-22/h13-16,18-20H,3-12,17H2,1-2H3/q+1. The first-order valence-corrected chi connectivity index (χ1v) is 10.00. The number of hydrogen-bond donors (Lipinski definition) is 0. The van der Waals surface area contributed by atoms with Gasteiger partial charge in [-0.05, 0) is 37.0 Å². The zero-order valence-corrected chi connectivity index (χ0v) is 15.7. The molecule has 2 rings (SSSR count). The van der Waals surface area contributed by atoms with Crippen LogP contribution in [0.1, 0.15) is 77.2 Å². The van der Waals surface area contributed by atoms with Crippen LogP contribution in [0.15, 0.2) is 43.0 Å². The third-order valence-corrected chi connectivity index (χ3v) is 4.85. The Morgan fingerprint density at radius 1 is 0.792 bits per heavy atom. The Kier molecular flexibility index (Phi) is 8.65. The quantitative estimate of drug-likeness (QED) is 0.341. The zero-order valence-electron chi connectivity index (χ0n) is 15.7. The van der Waals surface area contributed by atoms with E-state index in [0.717, 1.165) is 13.0 Å². The predicted octanol–water partition coefficient (Wildman–Crippen LogP) is 5.86. The van der Waals surface area contributed by atoms with E-state index in [9.17, 15) is 0 Å². The molecule has 0 unspecified atom stereocenters. The van der Waals surface area contributed by atoms with Crippen LogP contribution in [0.2, 0.25) is 0 Å². The highest BCUT2D eigenvalue weighted by Crippen LogP contribution is 2.10. The van der Waals surface area contributed by atoms with Crippen molar-refractivity contribution in [2.75, 3.05) is 0 Å². The monoisotopic (exact) mass is 327 g/mol. The summed E-state index contributed by atoms with van der Waals surface area (Å²) in [6.45, 7) is 5.62. The van der Waals surface area contributed by atoms with Crippen molar-refractivity contribution < 1.29 is 4.57 Å². The fraction of sp³-hybridized carbons (Fsp3) is 0.591. The summed E-state index contributed by atoms with van der Waals surface area (Å²) in [6.07, 6.45) is 20.2. The normalized spacial score (nSPS) is 11.1. The molecule has 0 bridgehead atoms. The predicted molar refractivity (Wildman–Crippen MR) is 103 cm³/mol. The molecule has 1 aromatic carbocycles. The van der Waals surface area contributed by atoms with Crippen LogP contribution in [0.4, 0.5) is 0 Å². The molecule has 0 saturated carbocycles. The molecular formula is C22H35N2+. The van der Waals surface area contributed by atoms with Crippen molar-refractivity contribution in [2.45, 2.75) is 84.6 Å². The van der Waals surface area contributed by atoms with Crippen LogP contribution in [0.25, 0.3) is 5.69 Å². The Morgan fingerprint density at radius 2 is 1.42 bits per heavy atom. The lowest BCUT2D eigenvalue weighted by atomic mass is 10.1. The van der Waals surface area contributed by atoms with Crippen molar-refractivity contribution in [1.82, 2.24) is 4.57 Å². The van der Waals surface area contributed by atoms with Crippen LogP contribution >= 0.6 is 0 Å². The lowest BCUT2D eigenvalue weighted by molar-refractivity contribution is -0.595. The average molecular weight is 328 g/mol. The molecule has 0 spiro atoms. The number of unbranched alkanes of at least 4 members (excludes halogenated alkanes) is 8. The average Bonchev–Trinajstić information content (AvgIpc) is 3.09. The van der Waals surface area contributed by atoms with Crippen LogP contribution in [-0.4, -0.2) is 4.57 Å². The summed E-state index contributed by atoms with van der Waals surface area (Å²) in [6, 6.07) is 8.86. The second-order valence-electron chi connectivity index (χ2n) is 6.91. The lowest BCUT2D eigenvalue weighted by Gasteiger charge is -2.01. The van der Waals surface area contributed by atoms with Gasteiger partial charge in [-0.1, -0.05) is 70.9 Å². The second kappa shape index (κ2) is 11.1. The molecule has 2 nitrogen and oxygen atoms in total. The highest BCUT2D eigenvalue weighted by molar-refractivity contribution is 5.27. The summed E-state index contributed by atoms with van der Waals surface area (Å²) in [7, 11) is 0. The number of benzene rings is 1. The second-order valence-corrected chi connectivity index (χ2v) is 6.91. The third kappa shape index (κ3) is 6.51. The van der Waals surface area contributed by atoms with Crippen molar-refractivity contribution in [3.63, 3.8) is 0 Å². The number of aryl methyl sites for hydroxylation is 2. The minimum Gasteiger partial charge on any atom is -0.236 e. The lowest BCUT2D eigenvalue weighted by Crippen LogP contribution is -2.27. The first-order chi connectivity index (χ1) is 11.8. The number of rotatable bonds is 12. The van der Waals surface area contributed by atoms with Gasteiger partial charge in [0.2, 0.25) is 6.33 Å². The topological polar surface area (TPSA) is 8.81 Å². The van der Waals surface area contributed by atoms with Gasteiger partial charge in [-0.25, -0.2) is 9.13 Å². The van der Waals surface area contributed by atoms with Gasteiger partial charge in [-0.3, -0.25) is 0 Å². The molecule has 1 heterocycles. The number of imidazole rings is 1. The van der Waals surface area contributed by atoms with Crippen LogP contribution in [-0.2, 0) is 13.0 Å². The molecule has 1 aromatic heterocycles. The van der Waals surface area contributed by atoms with E-state index in [-0.39, 0.29) is 0 Å². The van der Waals surface area contributed by atoms with Crippen molar-refractivity contribution in [3.05, 3.63) is 48.5 Å². The fourth-order valence-electron chi connectivity index (χ4n) is 3.19. The Hall–Kier alpha value is -1.57. The van der Waals surface area contributed by atoms with Crippen LogP contribution in [0.3, 0.4) is 0 Å². The van der Waals surface area contributed by atoms with Gasteiger partial charge < -0.3 is 0 Å². The van der Waals surface area contributed by atoms with Crippen LogP contribution in [0.5, 0.6) is 0 Å². The molecule has 0 fully saturated rings. The maximum atomic E-state index is 2.31. The van der Waals surface area contributed by atoms with E-state index in [4.69, 9.17) is 0 Å². The molecule has 0 saturated heterocycles. The van der Waals surface area contributed by atoms with Gasteiger partial charge >= 0.3 is 0 Å². The van der Waals surface area contributed by atoms with Gasteiger partial charge in [-0.15, -0.1) is 0 Å². The highest BCUT2D eigenvalue weighted by Gasteiger charge is 2.06. The summed E-state index contributed by atoms with van der Waals surface area (Å²) >= 11 is 0. The molecule has 0 aliphatic heterocycles. The van der Waals surface area contributed by atoms with E-state index in [2.05, 4.69) is 66.0 Å². The molecule has 0 N–H and O–H groups in total. The van der Waals surface area contributed by atoms with Gasteiger partial charge in [0.1, 0.15) is 18.1 Å². The summed E-state index contributed by atoms with van der Waals surface area (Å²) in [5.41, 5.74) is 2.64. The maximum absolute atomic E-state index is 2.31. The van der Waals surface area contributed by atoms with Crippen molar-refractivity contribution >= 4 is 0 Å². The Morgan fingerprint density at radius 3 is 2.04 bits per heavy atom. The summed E-state index contributed by atoms with van der Waals surface area (Å²) in [5, 5.41) is 0. The number of hydrogen-bond acceptors (Lipinski definition) is 0. The van der Waals surface area contributed by atoms with Gasteiger partial charge in [0.05, 0.1) is 6.54 Å². The van der Waals surface area contributed by atoms with Gasteiger partial charge in [-0.2, -0.15) is 0 Å². The van der Waals surface area contributed by atoms with Gasteiger partial charge in [0, 0.05) is 0 Å². The van der Waals surface area contributed by atoms with Crippen LogP contribution in [0, 0.1) is 0 Å². The highest BCUT2D eigenvalue weighted by atomic mass is 15.1. The molecule has 132 valence electrons. The zero-order chi connectivity index (χ0) is 17.0. The van der Waals surface area contributed by atoms with E-state index >= 15 is 0 Å². The maximum Gasteiger partial charge on any atom is 0.248 e. The molecular weight excluding hydrogens is 292 g/mol. The molecule has 0 aliphatic rings. The molecule has 0 atom stereocenters. The van der Waals surface area contributed by atoms with Crippen molar-refractivity contribution in [3.8, 4) is 5.69 Å². The Balaban J connectivity index is 1.63. The minimum absolute atomic E-state index is 1.10. The molecule has 0 aliphatic carbocycles. The van der Waals surface area contributed by atoms with E-state index in [1.807, 2.05) is 0 Å². The summed E-state index contributed by atoms with van der Waals surface area (Å²) in [5.74, 6) is 0. The number of nitrogens with zero attached hydrogens (tertiary/aromatic N) is 2. The van der Waals surface area contributed by atoms with Gasteiger partial charge in [0.25, 0.3) is 0 Å². The number of aromatic nitrogens is 2. The molecule has 24 heavy (non-hydrogen) atoms. The van der Waals surface area contributed by atoms with Crippen LogP contribution < -0.4 is 4.57 Å². The fourth-order valence-corrected chi connectivity index (χ4v) is 3.19.